The van der Waals surface area contributed by atoms with Crippen LogP contribution in [0.4, 0.5) is 0 Å². The molecule has 0 N–H and O–H groups in total. The van der Waals surface area contributed by atoms with Gasteiger partial charge >= 0.3 is 11.9 Å². The van der Waals surface area contributed by atoms with E-state index in [-0.39, 0.29) is 0 Å². The molecule has 0 spiro atoms. The van der Waals surface area contributed by atoms with Crippen LogP contribution in [-0.2, 0) is 14.3 Å². The molecule has 3 nitrogen and oxygen atoms in total. The number of hydrogen-bond acceptors (Lipinski definition) is 3. The summed E-state index contributed by atoms with van der Waals surface area (Å²) in [6.07, 6.45) is 3.26. The highest BCUT2D eigenvalue weighted by atomic mass is 35.5. The topological polar surface area (TPSA) is 43.4 Å². The number of ether oxygens (including phenoxy) is 1. The van der Waals surface area contributed by atoms with E-state index in [0.717, 1.165) is 5.57 Å². The van der Waals surface area contributed by atoms with E-state index in [1.165, 1.54) is 0 Å². The maximum atomic E-state index is 11.1. The summed E-state index contributed by atoms with van der Waals surface area (Å²) in [5, 5.41) is 0.521. The molecule has 1 saturated heterocycles. The van der Waals surface area contributed by atoms with Crippen LogP contribution >= 0.6 is 11.6 Å². The van der Waals surface area contributed by atoms with E-state index in [9.17, 15) is 9.59 Å². The average molecular weight is 199 g/mol. The molecule has 0 saturated carbocycles. The van der Waals surface area contributed by atoms with Crippen LogP contribution in [0.2, 0.25) is 0 Å². The Morgan fingerprint density at radius 1 is 1.23 bits per heavy atom. The van der Waals surface area contributed by atoms with Gasteiger partial charge in [0.15, 0.2) is 0 Å². The van der Waals surface area contributed by atoms with Gasteiger partial charge in [0.25, 0.3) is 0 Å². The first-order chi connectivity index (χ1) is 6.09. The van der Waals surface area contributed by atoms with Crippen molar-refractivity contribution in [3.05, 3.63) is 22.8 Å². The number of carbonyl (C=O) groups excluding carboxylic acids is 2. The smallest absolute Gasteiger partial charge is 0.321 e. The minimum absolute atomic E-state index is 0.463. The summed E-state index contributed by atoms with van der Waals surface area (Å²) in [6, 6.07) is 0. The van der Waals surface area contributed by atoms with Crippen LogP contribution in [0.15, 0.2) is 22.8 Å². The third-order valence-corrected chi connectivity index (χ3v) is 2.69. The molecule has 0 amide bonds. The molecule has 2 atom stereocenters. The molecule has 0 aromatic heterocycles. The molecular weight excluding hydrogens is 192 g/mol. The lowest BCUT2D eigenvalue weighted by Gasteiger charge is -2.13. The fourth-order valence-corrected chi connectivity index (χ4v) is 1.71. The average Bonchev–Trinajstić information content (AvgIpc) is 2.31. The minimum Gasteiger partial charge on any atom is -0.392 e. The zero-order chi connectivity index (χ0) is 9.59. The van der Waals surface area contributed by atoms with Crippen LogP contribution in [0.1, 0.15) is 6.92 Å². The quantitative estimate of drug-likeness (QED) is 0.436. The zero-order valence-electron chi connectivity index (χ0n) is 6.91. The number of rotatable bonds is 0. The fraction of sp³-hybridized carbons (Fsp3) is 0.333. The fourth-order valence-electron chi connectivity index (χ4n) is 1.51. The van der Waals surface area contributed by atoms with Crippen molar-refractivity contribution in [2.45, 2.75) is 6.92 Å². The van der Waals surface area contributed by atoms with Gasteiger partial charge in [-0.25, -0.2) is 0 Å². The van der Waals surface area contributed by atoms with Crippen LogP contribution in [0.25, 0.3) is 0 Å². The maximum Gasteiger partial charge on any atom is 0.321 e. The molecule has 1 heterocycles. The Morgan fingerprint density at radius 3 is 2.38 bits per heavy atom. The molecule has 2 unspecified atom stereocenters. The molecule has 1 aliphatic carbocycles. The van der Waals surface area contributed by atoms with Crippen molar-refractivity contribution >= 4 is 23.5 Å². The van der Waals surface area contributed by atoms with Crippen molar-refractivity contribution in [2.24, 2.45) is 11.8 Å². The number of fused-ring (bicyclic) bond motifs is 1. The standard InChI is InChI=1S/C9H7ClO3/c1-4-2-5-6(3-7(4)10)9(12)13-8(5)11/h2-3,5-6H,1H3. The van der Waals surface area contributed by atoms with Gasteiger partial charge in [0, 0.05) is 5.03 Å². The van der Waals surface area contributed by atoms with Gasteiger partial charge in [-0.05, 0) is 12.5 Å². The predicted molar refractivity (Wildman–Crippen MR) is 45.8 cm³/mol. The lowest BCUT2D eigenvalue weighted by atomic mass is 9.88. The van der Waals surface area contributed by atoms with Crippen LogP contribution in [0.5, 0.6) is 0 Å². The molecule has 0 radical (unpaired) electrons. The molecule has 0 aromatic rings. The summed E-state index contributed by atoms with van der Waals surface area (Å²) < 4.78 is 4.48. The number of esters is 2. The first kappa shape index (κ1) is 8.51. The largest absolute Gasteiger partial charge is 0.392 e. The molecular formula is C9H7ClO3. The second kappa shape index (κ2) is 2.70. The highest BCUT2D eigenvalue weighted by Crippen LogP contribution is 2.35. The number of carbonyl (C=O) groups is 2. The van der Waals surface area contributed by atoms with Crippen LogP contribution in [0.3, 0.4) is 0 Å². The molecule has 68 valence electrons. The maximum absolute atomic E-state index is 11.1. The SMILES string of the molecule is CC1=CC2C(=O)OC(=O)C2C=C1Cl. The molecule has 4 heteroatoms. The van der Waals surface area contributed by atoms with Crippen molar-refractivity contribution < 1.29 is 14.3 Å². The lowest BCUT2D eigenvalue weighted by molar-refractivity contribution is -0.153. The summed E-state index contributed by atoms with van der Waals surface area (Å²) in [7, 11) is 0. The number of cyclic esters (lactones) is 2. The third-order valence-electron chi connectivity index (χ3n) is 2.26. The van der Waals surface area contributed by atoms with Gasteiger partial charge in [-0.2, -0.15) is 0 Å². The molecule has 0 bridgehead atoms. The van der Waals surface area contributed by atoms with E-state index in [1.807, 2.05) is 0 Å². The Bertz CT molecular complexity index is 320. The monoisotopic (exact) mass is 198 g/mol. The van der Waals surface area contributed by atoms with Crippen molar-refractivity contribution in [3.63, 3.8) is 0 Å². The summed E-state index contributed by atoms with van der Waals surface area (Å²) in [5.41, 5.74) is 0.814. The normalized spacial score (nSPS) is 32.2. The molecule has 1 fully saturated rings. The Labute approximate surface area is 80.0 Å². The first-order valence-electron chi connectivity index (χ1n) is 3.91. The summed E-state index contributed by atoms with van der Waals surface area (Å²) >= 11 is 5.82. The molecule has 1 aliphatic heterocycles. The zero-order valence-corrected chi connectivity index (χ0v) is 7.67. The van der Waals surface area contributed by atoms with Crippen molar-refractivity contribution in [1.82, 2.24) is 0 Å². The second-order valence-electron chi connectivity index (χ2n) is 3.16. The van der Waals surface area contributed by atoms with E-state index in [2.05, 4.69) is 4.74 Å². The van der Waals surface area contributed by atoms with Crippen molar-refractivity contribution in [1.29, 1.82) is 0 Å². The predicted octanol–water partition coefficient (Wildman–Crippen LogP) is 1.38. The summed E-state index contributed by atoms with van der Waals surface area (Å²) in [5.74, 6) is -1.95. The molecule has 2 rings (SSSR count). The summed E-state index contributed by atoms with van der Waals surface area (Å²) in [6.45, 7) is 1.80. The number of halogens is 1. The van der Waals surface area contributed by atoms with Gasteiger partial charge in [0.2, 0.25) is 0 Å². The lowest BCUT2D eigenvalue weighted by Crippen LogP contribution is -2.17. The highest BCUT2D eigenvalue weighted by Gasteiger charge is 2.43. The Hall–Kier alpha value is -1.09. The third kappa shape index (κ3) is 1.20. The van der Waals surface area contributed by atoms with E-state index >= 15 is 0 Å². The Kier molecular flexibility index (Phi) is 1.77. The highest BCUT2D eigenvalue weighted by molar-refractivity contribution is 6.32. The van der Waals surface area contributed by atoms with Crippen LogP contribution < -0.4 is 0 Å². The van der Waals surface area contributed by atoms with Crippen molar-refractivity contribution in [2.75, 3.05) is 0 Å². The first-order valence-corrected chi connectivity index (χ1v) is 4.29. The van der Waals surface area contributed by atoms with Gasteiger partial charge in [0.05, 0.1) is 11.8 Å². The molecule has 0 aromatic carbocycles. The van der Waals surface area contributed by atoms with Gasteiger partial charge in [-0.15, -0.1) is 0 Å². The van der Waals surface area contributed by atoms with Gasteiger partial charge in [-0.1, -0.05) is 23.8 Å². The molecule has 13 heavy (non-hydrogen) atoms. The van der Waals surface area contributed by atoms with Crippen LogP contribution in [0, 0.1) is 11.8 Å². The molecule has 2 aliphatic rings. The van der Waals surface area contributed by atoms with Gasteiger partial charge < -0.3 is 4.74 Å². The van der Waals surface area contributed by atoms with E-state index in [1.54, 1.807) is 19.1 Å². The Balaban J connectivity index is 2.42. The van der Waals surface area contributed by atoms with E-state index in [0.29, 0.717) is 5.03 Å². The summed E-state index contributed by atoms with van der Waals surface area (Å²) in [4.78, 5) is 22.2. The van der Waals surface area contributed by atoms with E-state index < -0.39 is 23.8 Å². The van der Waals surface area contributed by atoms with Gasteiger partial charge in [0.1, 0.15) is 0 Å². The van der Waals surface area contributed by atoms with Crippen LogP contribution in [-0.4, -0.2) is 11.9 Å². The minimum atomic E-state index is -0.510. The number of hydrogen-bond donors (Lipinski definition) is 0. The van der Waals surface area contributed by atoms with Crippen molar-refractivity contribution in [3.8, 4) is 0 Å². The Morgan fingerprint density at radius 2 is 1.77 bits per heavy atom. The van der Waals surface area contributed by atoms with Gasteiger partial charge in [-0.3, -0.25) is 9.59 Å². The second-order valence-corrected chi connectivity index (χ2v) is 3.56. The number of allylic oxidation sites excluding steroid dienone is 2. The van der Waals surface area contributed by atoms with E-state index in [4.69, 9.17) is 11.6 Å².